The first-order valence-electron chi connectivity index (χ1n) is 8.98. The topological polar surface area (TPSA) is 88.4 Å². The fraction of sp³-hybridized carbons (Fsp3) is 0.333. The Balaban J connectivity index is 2.05. The van der Waals surface area contributed by atoms with Gasteiger partial charge in [0.2, 0.25) is 0 Å². The van der Waals surface area contributed by atoms with Crippen molar-refractivity contribution in [3.8, 4) is 11.5 Å². The highest BCUT2D eigenvalue weighted by atomic mass is 32.2. The third-order valence-electron chi connectivity index (χ3n) is 4.20. The first kappa shape index (κ1) is 21.6. The van der Waals surface area contributed by atoms with Gasteiger partial charge in [-0.1, -0.05) is 11.6 Å². The number of carbonyl (C=O) groups is 1. The lowest BCUT2D eigenvalue weighted by molar-refractivity contribution is -0.137. The van der Waals surface area contributed by atoms with Crippen molar-refractivity contribution in [2.75, 3.05) is 20.0 Å². The Hall–Kier alpha value is -2.67. The minimum absolute atomic E-state index is 0.224. The second-order valence-electron chi connectivity index (χ2n) is 6.09. The lowest BCUT2D eigenvalue weighted by Crippen LogP contribution is -2.06. The predicted molar refractivity (Wildman–Crippen MR) is 110 cm³/mol. The number of thioether (sulfide) groups is 1. The molecule has 2 N–H and O–H groups in total. The molecule has 0 aliphatic carbocycles. The molecular formula is C21H25NO5S. The number of hydrogen-bond acceptors (Lipinski definition) is 6. The maximum Gasteiger partial charge on any atom is 0.303 e. The molecular weight excluding hydrogens is 378 g/mol. The van der Waals surface area contributed by atoms with Crippen LogP contribution in [0.5, 0.6) is 11.5 Å². The molecule has 0 aliphatic rings. The van der Waals surface area contributed by atoms with Gasteiger partial charge in [-0.25, -0.2) is 0 Å². The average molecular weight is 404 g/mol. The molecule has 0 saturated carbocycles. The first-order chi connectivity index (χ1) is 13.6. The van der Waals surface area contributed by atoms with Crippen LogP contribution in [0, 0.1) is 0 Å². The van der Waals surface area contributed by atoms with Crippen LogP contribution in [0.2, 0.25) is 0 Å². The van der Waals surface area contributed by atoms with Crippen molar-refractivity contribution >= 4 is 23.4 Å². The summed E-state index contributed by atoms with van der Waals surface area (Å²) in [6, 6.07) is 13.0. The second kappa shape index (κ2) is 11.2. The minimum atomic E-state index is -0.744. The number of hydrogen-bond donors (Lipinski definition) is 2. The molecule has 0 heterocycles. The molecule has 150 valence electrons. The molecule has 7 heteroatoms. The van der Waals surface area contributed by atoms with Crippen LogP contribution in [0.25, 0.3) is 0 Å². The molecule has 2 aromatic carbocycles. The van der Waals surface area contributed by atoms with Gasteiger partial charge in [-0.05, 0) is 61.1 Å². The zero-order valence-corrected chi connectivity index (χ0v) is 16.9. The zero-order valence-electron chi connectivity index (χ0n) is 16.1. The van der Waals surface area contributed by atoms with Gasteiger partial charge >= 0.3 is 5.97 Å². The summed E-state index contributed by atoms with van der Waals surface area (Å²) in [6.07, 6.45) is 2.78. The number of aliphatic carboxylic acids is 1. The first-order valence-corrected chi connectivity index (χ1v) is 9.97. The normalized spacial score (nSPS) is 11.3. The standard InChI is InChI=1S/C21H25NO5S/c1-26-16-9-7-15(8-10-16)21(22-25)18-12-11-17(14-19(18)27-2)28-13-5-3-4-6-20(23)24/h7-12,14,25H,3-6,13H2,1-2H3,(H,23,24)/b22-21+. The van der Waals surface area contributed by atoms with Crippen molar-refractivity contribution in [2.45, 2.75) is 30.6 Å². The van der Waals surface area contributed by atoms with Crippen molar-refractivity contribution in [1.82, 2.24) is 0 Å². The third kappa shape index (κ3) is 6.20. The summed E-state index contributed by atoms with van der Waals surface area (Å²) in [5.41, 5.74) is 1.87. The lowest BCUT2D eigenvalue weighted by atomic mass is 10.0. The van der Waals surface area contributed by atoms with Crippen molar-refractivity contribution < 1.29 is 24.6 Å². The quantitative estimate of drug-likeness (QED) is 0.186. The van der Waals surface area contributed by atoms with Crippen molar-refractivity contribution in [3.63, 3.8) is 0 Å². The maximum absolute atomic E-state index is 10.5. The van der Waals surface area contributed by atoms with Gasteiger partial charge in [0.05, 0.1) is 14.2 Å². The Morgan fingerprint density at radius 3 is 2.39 bits per heavy atom. The van der Waals surface area contributed by atoms with Gasteiger partial charge < -0.3 is 19.8 Å². The van der Waals surface area contributed by atoms with E-state index in [0.29, 0.717) is 23.4 Å². The summed E-state index contributed by atoms with van der Waals surface area (Å²) in [5.74, 6) is 1.51. The minimum Gasteiger partial charge on any atom is -0.497 e. The molecule has 0 spiro atoms. The highest BCUT2D eigenvalue weighted by Crippen LogP contribution is 2.29. The van der Waals surface area contributed by atoms with Gasteiger partial charge in [-0.15, -0.1) is 11.8 Å². The Morgan fingerprint density at radius 2 is 1.79 bits per heavy atom. The molecule has 28 heavy (non-hydrogen) atoms. The van der Waals surface area contributed by atoms with E-state index >= 15 is 0 Å². The number of methoxy groups -OCH3 is 2. The van der Waals surface area contributed by atoms with E-state index in [4.69, 9.17) is 14.6 Å². The summed E-state index contributed by atoms with van der Waals surface area (Å²) in [6.45, 7) is 0. The number of benzene rings is 2. The highest BCUT2D eigenvalue weighted by molar-refractivity contribution is 7.99. The molecule has 0 amide bonds. The summed E-state index contributed by atoms with van der Waals surface area (Å²) in [5, 5.41) is 21.7. The lowest BCUT2D eigenvalue weighted by Gasteiger charge is -2.12. The second-order valence-corrected chi connectivity index (χ2v) is 7.26. The predicted octanol–water partition coefficient (Wildman–Crippen LogP) is 4.67. The van der Waals surface area contributed by atoms with Crippen molar-refractivity contribution in [3.05, 3.63) is 53.6 Å². The number of carboxylic acid groups (broad SMARTS) is 1. The largest absolute Gasteiger partial charge is 0.497 e. The Bertz CT molecular complexity index is 805. The van der Waals surface area contributed by atoms with Crippen molar-refractivity contribution in [2.24, 2.45) is 5.16 Å². The van der Waals surface area contributed by atoms with Gasteiger partial charge in [-0.2, -0.15) is 0 Å². The van der Waals surface area contributed by atoms with Crippen LogP contribution in [-0.4, -0.2) is 42.0 Å². The van der Waals surface area contributed by atoms with E-state index in [9.17, 15) is 10.0 Å². The van der Waals surface area contributed by atoms with Crippen LogP contribution >= 0.6 is 11.8 Å². The van der Waals surface area contributed by atoms with Gasteiger partial charge in [0, 0.05) is 22.4 Å². The van der Waals surface area contributed by atoms with Gasteiger partial charge in [0.15, 0.2) is 0 Å². The average Bonchev–Trinajstić information content (AvgIpc) is 2.72. The van der Waals surface area contributed by atoms with Crippen LogP contribution in [0.1, 0.15) is 36.8 Å². The third-order valence-corrected chi connectivity index (χ3v) is 5.28. The summed E-state index contributed by atoms with van der Waals surface area (Å²) < 4.78 is 10.7. The highest BCUT2D eigenvalue weighted by Gasteiger charge is 2.14. The smallest absolute Gasteiger partial charge is 0.303 e. The number of rotatable bonds is 11. The molecule has 2 aromatic rings. The van der Waals surface area contributed by atoms with E-state index in [1.165, 1.54) is 0 Å². The van der Waals surface area contributed by atoms with E-state index in [0.717, 1.165) is 34.8 Å². The van der Waals surface area contributed by atoms with Crippen LogP contribution in [-0.2, 0) is 4.79 Å². The fourth-order valence-electron chi connectivity index (χ4n) is 2.72. The Kier molecular flexibility index (Phi) is 8.68. The summed E-state index contributed by atoms with van der Waals surface area (Å²) in [4.78, 5) is 11.6. The molecule has 0 atom stereocenters. The zero-order chi connectivity index (χ0) is 20.4. The summed E-state index contributed by atoms with van der Waals surface area (Å²) in [7, 11) is 3.18. The van der Waals surface area contributed by atoms with Crippen LogP contribution < -0.4 is 9.47 Å². The van der Waals surface area contributed by atoms with Gasteiger partial charge in [0.1, 0.15) is 17.2 Å². The molecule has 0 aromatic heterocycles. The fourth-order valence-corrected chi connectivity index (χ4v) is 3.66. The number of nitrogens with zero attached hydrogens (tertiary/aromatic N) is 1. The number of ether oxygens (including phenoxy) is 2. The van der Waals surface area contributed by atoms with E-state index in [2.05, 4.69) is 5.16 Å². The molecule has 0 unspecified atom stereocenters. The number of carboxylic acids is 1. The van der Waals surface area contributed by atoms with E-state index < -0.39 is 5.97 Å². The maximum atomic E-state index is 10.5. The van der Waals surface area contributed by atoms with E-state index in [1.54, 1.807) is 26.0 Å². The Morgan fingerprint density at radius 1 is 1.04 bits per heavy atom. The molecule has 0 saturated heterocycles. The van der Waals surface area contributed by atoms with Crippen LogP contribution in [0.4, 0.5) is 0 Å². The molecule has 6 nitrogen and oxygen atoms in total. The molecule has 0 aliphatic heterocycles. The van der Waals surface area contributed by atoms with E-state index in [-0.39, 0.29) is 6.42 Å². The number of oxime groups is 1. The van der Waals surface area contributed by atoms with Gasteiger partial charge in [-0.3, -0.25) is 4.79 Å². The molecule has 0 fully saturated rings. The molecule has 0 bridgehead atoms. The van der Waals surface area contributed by atoms with Gasteiger partial charge in [0.25, 0.3) is 0 Å². The Labute approximate surface area is 169 Å². The summed E-state index contributed by atoms with van der Waals surface area (Å²) >= 11 is 1.69. The monoisotopic (exact) mass is 403 g/mol. The van der Waals surface area contributed by atoms with Crippen LogP contribution in [0.15, 0.2) is 52.5 Å². The van der Waals surface area contributed by atoms with Crippen molar-refractivity contribution in [1.29, 1.82) is 0 Å². The molecule has 0 radical (unpaired) electrons. The SMILES string of the molecule is COc1ccc(/C(=N\O)c2ccc(SCCCCCC(=O)O)cc2OC)cc1. The van der Waals surface area contributed by atoms with Crippen LogP contribution in [0.3, 0.4) is 0 Å². The van der Waals surface area contributed by atoms with E-state index in [1.807, 2.05) is 42.5 Å². The molecule has 2 rings (SSSR count). The number of unbranched alkanes of at least 4 members (excludes halogenated alkanes) is 2.